The summed E-state index contributed by atoms with van der Waals surface area (Å²) in [5.74, 6) is -0.859. The lowest BCUT2D eigenvalue weighted by molar-refractivity contribution is -0.147. The van der Waals surface area contributed by atoms with Crippen molar-refractivity contribution in [3.05, 3.63) is 65.7 Å². The van der Waals surface area contributed by atoms with Gasteiger partial charge in [-0.25, -0.2) is 19.2 Å². The predicted octanol–water partition coefficient (Wildman–Crippen LogP) is 1.92. The van der Waals surface area contributed by atoms with Crippen molar-refractivity contribution in [2.45, 2.75) is 37.5 Å². The fourth-order valence-electron chi connectivity index (χ4n) is 6.23. The van der Waals surface area contributed by atoms with Crippen LogP contribution in [0.1, 0.15) is 30.9 Å². The molecule has 190 valence electrons. The Hall–Kier alpha value is -3.08. The molecule has 0 bridgehead atoms. The number of carbonyl (C=O) groups is 2. The van der Waals surface area contributed by atoms with Gasteiger partial charge in [-0.1, -0.05) is 24.3 Å². The van der Waals surface area contributed by atoms with Gasteiger partial charge in [0.05, 0.1) is 17.6 Å². The summed E-state index contributed by atoms with van der Waals surface area (Å²) < 4.78 is 28.0. The average molecular weight is 497 g/mol. The van der Waals surface area contributed by atoms with E-state index in [1.165, 1.54) is 18.2 Å². The van der Waals surface area contributed by atoms with Gasteiger partial charge < -0.3 is 15.1 Å². The molecule has 3 saturated heterocycles. The highest BCUT2D eigenvalue weighted by atomic mass is 19.1. The van der Waals surface area contributed by atoms with Gasteiger partial charge in [0.2, 0.25) is 11.8 Å². The van der Waals surface area contributed by atoms with Crippen LogP contribution in [0.4, 0.5) is 14.5 Å². The lowest BCUT2D eigenvalue weighted by atomic mass is 9.75. The number of hydrogen-bond acceptors (Lipinski definition) is 6. The molecule has 8 nitrogen and oxygen atoms in total. The minimum atomic E-state index is -0.376. The van der Waals surface area contributed by atoms with E-state index in [0.717, 1.165) is 5.56 Å². The molecule has 2 aromatic rings. The fraction of sp³-hybridized carbons (Fsp3) is 0.462. The number of piperazine rings is 1. The van der Waals surface area contributed by atoms with Crippen LogP contribution in [-0.4, -0.2) is 60.1 Å². The molecule has 6 rings (SSSR count). The van der Waals surface area contributed by atoms with Crippen molar-refractivity contribution in [2.75, 3.05) is 31.1 Å². The van der Waals surface area contributed by atoms with Crippen LogP contribution < -0.4 is 21.2 Å². The van der Waals surface area contributed by atoms with Crippen LogP contribution in [0.15, 0.2) is 48.5 Å². The van der Waals surface area contributed by atoms with Crippen LogP contribution in [0.2, 0.25) is 0 Å². The SMILES string of the molecule is O=C1NC2C(c3cccc(F)c3)NNN2C2CC(C(=O)N3CCN(c4ccccc4F)CC3)CCC12. The zero-order valence-corrected chi connectivity index (χ0v) is 19.9. The van der Waals surface area contributed by atoms with E-state index in [0.29, 0.717) is 51.1 Å². The lowest BCUT2D eigenvalue weighted by Gasteiger charge is -2.47. The first-order valence-electron chi connectivity index (χ1n) is 12.6. The normalized spacial score (nSPS) is 30.5. The highest BCUT2D eigenvalue weighted by molar-refractivity contribution is 5.83. The van der Waals surface area contributed by atoms with Crippen LogP contribution in [0.5, 0.6) is 0 Å². The van der Waals surface area contributed by atoms with Gasteiger partial charge in [-0.15, -0.1) is 0 Å². The van der Waals surface area contributed by atoms with E-state index in [4.69, 9.17) is 0 Å². The number of fused-ring (bicyclic) bond motifs is 3. The highest BCUT2D eigenvalue weighted by Gasteiger charge is 2.51. The molecule has 3 aliphatic heterocycles. The number of para-hydroxylation sites is 1. The summed E-state index contributed by atoms with van der Waals surface area (Å²) in [6.07, 6.45) is 1.50. The third kappa shape index (κ3) is 4.12. The second-order valence-electron chi connectivity index (χ2n) is 10.1. The number of carbonyl (C=O) groups excluding carboxylic acids is 2. The molecule has 0 aromatic heterocycles. The summed E-state index contributed by atoms with van der Waals surface area (Å²) in [4.78, 5) is 30.3. The standard InChI is InChI=1S/C26H30F2N6O2/c27-18-5-3-4-16(14-18)23-24-29-25(35)19-9-8-17(15-22(19)34(24)31-30-23)26(36)33-12-10-32(11-13-33)21-7-2-1-6-20(21)28/h1-7,14,17,19,22-24,30-31H,8-13,15H2,(H,29,35). The molecule has 2 amide bonds. The lowest BCUT2D eigenvalue weighted by Crippen LogP contribution is -2.66. The summed E-state index contributed by atoms with van der Waals surface area (Å²) in [7, 11) is 0. The molecule has 5 atom stereocenters. The number of hydrazine groups is 2. The van der Waals surface area contributed by atoms with Gasteiger partial charge in [-0.2, -0.15) is 5.53 Å². The maximum atomic E-state index is 14.2. The van der Waals surface area contributed by atoms with Gasteiger partial charge in [0.25, 0.3) is 0 Å². The first kappa shape index (κ1) is 23.3. The Balaban J connectivity index is 1.12. The monoisotopic (exact) mass is 496 g/mol. The van der Waals surface area contributed by atoms with Crippen molar-refractivity contribution < 1.29 is 18.4 Å². The summed E-state index contributed by atoms with van der Waals surface area (Å²) in [5.41, 5.74) is 7.70. The molecule has 10 heteroatoms. The molecule has 1 aliphatic carbocycles. The Bertz CT molecular complexity index is 1160. The summed E-state index contributed by atoms with van der Waals surface area (Å²) >= 11 is 0. The van der Waals surface area contributed by atoms with Gasteiger partial charge in [0, 0.05) is 38.1 Å². The number of anilines is 1. The predicted molar refractivity (Wildman–Crippen MR) is 129 cm³/mol. The highest BCUT2D eigenvalue weighted by Crippen LogP contribution is 2.39. The van der Waals surface area contributed by atoms with E-state index in [9.17, 15) is 18.4 Å². The number of nitrogens with zero attached hydrogens (tertiary/aromatic N) is 3. The number of amides is 2. The third-order valence-corrected chi connectivity index (χ3v) is 8.11. The van der Waals surface area contributed by atoms with Crippen LogP contribution in [0.25, 0.3) is 0 Å². The van der Waals surface area contributed by atoms with E-state index in [-0.39, 0.29) is 53.5 Å². The van der Waals surface area contributed by atoms with Crippen LogP contribution in [0, 0.1) is 23.5 Å². The second-order valence-corrected chi connectivity index (χ2v) is 10.1. The molecule has 36 heavy (non-hydrogen) atoms. The van der Waals surface area contributed by atoms with E-state index < -0.39 is 0 Å². The maximum absolute atomic E-state index is 14.2. The zero-order chi connectivity index (χ0) is 24.8. The Morgan fingerprint density at radius 2 is 1.78 bits per heavy atom. The smallest absolute Gasteiger partial charge is 0.226 e. The molecule has 5 unspecified atom stereocenters. The van der Waals surface area contributed by atoms with E-state index >= 15 is 0 Å². The first-order valence-corrected chi connectivity index (χ1v) is 12.6. The van der Waals surface area contributed by atoms with Crippen LogP contribution in [-0.2, 0) is 9.59 Å². The summed E-state index contributed by atoms with van der Waals surface area (Å²) in [6, 6.07) is 12.6. The quantitative estimate of drug-likeness (QED) is 0.603. The summed E-state index contributed by atoms with van der Waals surface area (Å²) in [5, 5.41) is 5.08. The zero-order valence-electron chi connectivity index (χ0n) is 19.9. The van der Waals surface area contributed by atoms with Crippen molar-refractivity contribution in [2.24, 2.45) is 11.8 Å². The van der Waals surface area contributed by atoms with Crippen molar-refractivity contribution in [3.8, 4) is 0 Å². The Morgan fingerprint density at radius 3 is 2.56 bits per heavy atom. The van der Waals surface area contributed by atoms with Gasteiger partial charge in [0.15, 0.2) is 0 Å². The van der Waals surface area contributed by atoms with Gasteiger partial charge >= 0.3 is 0 Å². The molecule has 2 aromatic carbocycles. The van der Waals surface area contributed by atoms with Gasteiger partial charge in [-0.3, -0.25) is 9.59 Å². The van der Waals surface area contributed by atoms with E-state index in [1.54, 1.807) is 18.2 Å². The first-order chi connectivity index (χ1) is 17.5. The Kier molecular flexibility index (Phi) is 6.10. The van der Waals surface area contributed by atoms with E-state index in [2.05, 4.69) is 16.3 Å². The van der Waals surface area contributed by atoms with E-state index in [1.807, 2.05) is 26.9 Å². The fourth-order valence-corrected chi connectivity index (χ4v) is 6.23. The Morgan fingerprint density at radius 1 is 0.972 bits per heavy atom. The molecule has 1 saturated carbocycles. The average Bonchev–Trinajstić information content (AvgIpc) is 3.32. The minimum Gasteiger partial charge on any atom is -0.366 e. The topological polar surface area (TPSA) is 79.9 Å². The second kappa shape index (κ2) is 9.42. The van der Waals surface area contributed by atoms with Crippen molar-refractivity contribution in [3.63, 3.8) is 0 Å². The number of benzene rings is 2. The minimum absolute atomic E-state index is 0.0162. The van der Waals surface area contributed by atoms with Crippen molar-refractivity contribution in [1.29, 1.82) is 0 Å². The number of halogens is 2. The maximum Gasteiger partial charge on any atom is 0.226 e. The van der Waals surface area contributed by atoms with Gasteiger partial charge in [0.1, 0.15) is 17.8 Å². The van der Waals surface area contributed by atoms with Crippen molar-refractivity contribution in [1.82, 2.24) is 26.2 Å². The van der Waals surface area contributed by atoms with Gasteiger partial charge in [-0.05, 0) is 49.1 Å². The number of nitrogens with one attached hydrogen (secondary N) is 3. The number of hydrogen-bond donors (Lipinski definition) is 3. The molecule has 3 N–H and O–H groups in total. The molecule has 4 aliphatic rings. The molecular weight excluding hydrogens is 466 g/mol. The molecular formula is C26H30F2N6O2. The van der Waals surface area contributed by atoms with Crippen LogP contribution >= 0.6 is 0 Å². The number of rotatable bonds is 3. The molecule has 0 radical (unpaired) electrons. The molecule has 4 fully saturated rings. The summed E-state index contributed by atoms with van der Waals surface area (Å²) in [6.45, 7) is 2.27. The van der Waals surface area contributed by atoms with Crippen LogP contribution in [0.3, 0.4) is 0 Å². The van der Waals surface area contributed by atoms with Crippen molar-refractivity contribution >= 4 is 17.5 Å². The largest absolute Gasteiger partial charge is 0.366 e. The molecule has 0 spiro atoms. The third-order valence-electron chi connectivity index (χ3n) is 8.11. The molecule has 3 heterocycles. The Labute approximate surface area is 208 Å².